The minimum Gasteiger partial charge on any atom is -0.368 e. The van der Waals surface area contributed by atoms with Gasteiger partial charge in [0.25, 0.3) is 0 Å². The molecule has 1 aromatic rings. The fraction of sp³-hybridized carbons (Fsp3) is 0.538. The van der Waals surface area contributed by atoms with Gasteiger partial charge in [-0.1, -0.05) is 12.1 Å². The van der Waals surface area contributed by atoms with E-state index >= 15 is 0 Å². The van der Waals surface area contributed by atoms with Crippen molar-refractivity contribution in [1.82, 2.24) is 5.32 Å². The zero-order valence-electron chi connectivity index (χ0n) is 9.75. The Bertz CT molecular complexity index is 336. The van der Waals surface area contributed by atoms with Gasteiger partial charge in [0.15, 0.2) is 0 Å². The van der Waals surface area contributed by atoms with E-state index in [2.05, 4.69) is 17.1 Å². The molecule has 88 valence electrons. The summed E-state index contributed by atoms with van der Waals surface area (Å²) in [6.07, 6.45) is 2.59. The molecule has 0 unspecified atom stereocenters. The minimum atomic E-state index is -0.129. The molecule has 2 nitrogen and oxygen atoms in total. The van der Waals surface area contributed by atoms with Crippen LogP contribution in [0.1, 0.15) is 19.8 Å². The molecule has 2 rings (SSSR count). The summed E-state index contributed by atoms with van der Waals surface area (Å²) in [6, 6.07) is 7.70. The Balaban J connectivity index is 1.90. The molecule has 0 heterocycles. The van der Waals surface area contributed by atoms with Crippen LogP contribution in [0.15, 0.2) is 24.3 Å². The molecule has 1 saturated carbocycles. The number of para-hydroxylation sites is 1. The number of likely N-dealkylation sites (N-methyl/N-ethyl adjacent to an activating group) is 1. The normalized spacial score (nSPS) is 15.1. The van der Waals surface area contributed by atoms with E-state index in [0.29, 0.717) is 5.69 Å². The summed E-state index contributed by atoms with van der Waals surface area (Å²) in [5.41, 5.74) is 0.711. The van der Waals surface area contributed by atoms with E-state index in [0.717, 1.165) is 25.7 Å². The molecule has 16 heavy (non-hydrogen) atoms. The highest BCUT2D eigenvalue weighted by atomic mass is 19.1. The Morgan fingerprint density at radius 3 is 2.75 bits per heavy atom. The monoisotopic (exact) mass is 222 g/mol. The van der Waals surface area contributed by atoms with Crippen molar-refractivity contribution < 1.29 is 4.39 Å². The first kappa shape index (κ1) is 11.4. The van der Waals surface area contributed by atoms with Crippen molar-refractivity contribution >= 4 is 5.69 Å². The van der Waals surface area contributed by atoms with Crippen molar-refractivity contribution in [3.05, 3.63) is 30.1 Å². The lowest BCUT2D eigenvalue weighted by Gasteiger charge is -2.23. The highest BCUT2D eigenvalue weighted by Gasteiger charge is 2.20. The van der Waals surface area contributed by atoms with Crippen LogP contribution in [0.2, 0.25) is 0 Å². The van der Waals surface area contributed by atoms with E-state index in [1.807, 2.05) is 12.1 Å². The summed E-state index contributed by atoms with van der Waals surface area (Å²) in [4.78, 5) is 2.07. The highest BCUT2D eigenvalue weighted by molar-refractivity contribution is 5.47. The molecular formula is C13H19FN2. The zero-order chi connectivity index (χ0) is 11.4. The Morgan fingerprint density at radius 1 is 1.38 bits per heavy atom. The summed E-state index contributed by atoms with van der Waals surface area (Å²) in [5, 5.41) is 3.45. The van der Waals surface area contributed by atoms with E-state index < -0.39 is 0 Å². The minimum absolute atomic E-state index is 0.129. The van der Waals surface area contributed by atoms with Gasteiger partial charge < -0.3 is 10.2 Å². The van der Waals surface area contributed by atoms with Gasteiger partial charge in [-0.05, 0) is 31.9 Å². The Labute approximate surface area is 96.5 Å². The van der Waals surface area contributed by atoms with Gasteiger partial charge in [-0.3, -0.25) is 0 Å². The molecule has 0 saturated heterocycles. The maximum atomic E-state index is 13.6. The van der Waals surface area contributed by atoms with Gasteiger partial charge in [-0.15, -0.1) is 0 Å². The quantitative estimate of drug-likeness (QED) is 0.795. The van der Waals surface area contributed by atoms with Crippen molar-refractivity contribution in [2.75, 3.05) is 24.5 Å². The van der Waals surface area contributed by atoms with Crippen molar-refractivity contribution in [3.63, 3.8) is 0 Å². The summed E-state index contributed by atoms with van der Waals surface area (Å²) in [5.74, 6) is -0.129. The second-order valence-corrected chi connectivity index (χ2v) is 4.26. The number of halogens is 1. The van der Waals surface area contributed by atoms with E-state index in [1.54, 1.807) is 6.07 Å². The van der Waals surface area contributed by atoms with E-state index in [9.17, 15) is 4.39 Å². The van der Waals surface area contributed by atoms with Gasteiger partial charge in [0.1, 0.15) is 5.82 Å². The van der Waals surface area contributed by atoms with Crippen molar-refractivity contribution in [2.24, 2.45) is 0 Å². The molecule has 1 fully saturated rings. The third-order valence-corrected chi connectivity index (χ3v) is 2.97. The second kappa shape index (κ2) is 5.30. The van der Waals surface area contributed by atoms with Crippen LogP contribution < -0.4 is 10.2 Å². The topological polar surface area (TPSA) is 15.3 Å². The first-order chi connectivity index (χ1) is 7.81. The largest absolute Gasteiger partial charge is 0.368 e. The smallest absolute Gasteiger partial charge is 0.146 e. The third-order valence-electron chi connectivity index (χ3n) is 2.97. The lowest BCUT2D eigenvalue weighted by atomic mass is 10.2. The predicted octanol–water partition coefficient (Wildman–Crippen LogP) is 2.40. The molecule has 0 aromatic heterocycles. The first-order valence-corrected chi connectivity index (χ1v) is 6.04. The zero-order valence-corrected chi connectivity index (χ0v) is 9.75. The number of hydrogen-bond acceptors (Lipinski definition) is 2. The summed E-state index contributed by atoms with van der Waals surface area (Å²) in [7, 11) is 0. The molecule has 0 bridgehead atoms. The lowest BCUT2D eigenvalue weighted by Crippen LogP contribution is -2.33. The van der Waals surface area contributed by atoms with Crippen LogP contribution in [-0.4, -0.2) is 25.7 Å². The van der Waals surface area contributed by atoms with Crippen LogP contribution in [0.5, 0.6) is 0 Å². The highest BCUT2D eigenvalue weighted by Crippen LogP contribution is 2.19. The molecule has 3 heteroatoms. The number of nitrogens with zero attached hydrogens (tertiary/aromatic N) is 1. The van der Waals surface area contributed by atoms with Crippen molar-refractivity contribution in [2.45, 2.75) is 25.8 Å². The third kappa shape index (κ3) is 2.95. The molecule has 1 N–H and O–H groups in total. The SMILES string of the molecule is CCN(CCNC1CC1)c1ccccc1F. The summed E-state index contributed by atoms with van der Waals surface area (Å²) < 4.78 is 13.6. The van der Waals surface area contributed by atoms with Gasteiger partial charge in [-0.2, -0.15) is 0 Å². The molecule has 1 aromatic carbocycles. The fourth-order valence-electron chi connectivity index (χ4n) is 1.85. The fourth-order valence-corrected chi connectivity index (χ4v) is 1.85. The molecule has 0 radical (unpaired) electrons. The van der Waals surface area contributed by atoms with Crippen LogP contribution in [0.3, 0.4) is 0 Å². The van der Waals surface area contributed by atoms with E-state index in [4.69, 9.17) is 0 Å². The van der Waals surface area contributed by atoms with Crippen molar-refractivity contribution in [1.29, 1.82) is 0 Å². The van der Waals surface area contributed by atoms with Crippen molar-refractivity contribution in [3.8, 4) is 0 Å². The van der Waals surface area contributed by atoms with Crippen LogP contribution in [-0.2, 0) is 0 Å². The van der Waals surface area contributed by atoms with Crippen LogP contribution in [0, 0.1) is 5.82 Å². The van der Waals surface area contributed by atoms with E-state index in [-0.39, 0.29) is 5.82 Å². The number of hydrogen-bond donors (Lipinski definition) is 1. The Kier molecular flexibility index (Phi) is 3.78. The van der Waals surface area contributed by atoms with Crippen LogP contribution in [0.25, 0.3) is 0 Å². The average Bonchev–Trinajstić information content (AvgIpc) is 3.10. The predicted molar refractivity (Wildman–Crippen MR) is 65.3 cm³/mol. The number of rotatable bonds is 6. The molecular weight excluding hydrogens is 203 g/mol. The van der Waals surface area contributed by atoms with Gasteiger partial charge in [0, 0.05) is 25.7 Å². The molecule has 0 atom stereocenters. The lowest BCUT2D eigenvalue weighted by molar-refractivity contribution is 0.608. The first-order valence-electron chi connectivity index (χ1n) is 6.04. The molecule has 0 amide bonds. The van der Waals surface area contributed by atoms with Gasteiger partial charge in [0.2, 0.25) is 0 Å². The van der Waals surface area contributed by atoms with Gasteiger partial charge in [-0.25, -0.2) is 4.39 Å². The van der Waals surface area contributed by atoms with Gasteiger partial charge in [0.05, 0.1) is 5.69 Å². The number of benzene rings is 1. The molecule has 0 spiro atoms. The molecule has 1 aliphatic rings. The summed E-state index contributed by atoms with van der Waals surface area (Å²) in [6.45, 7) is 4.71. The number of anilines is 1. The Hall–Kier alpha value is -1.09. The average molecular weight is 222 g/mol. The maximum absolute atomic E-state index is 13.6. The molecule has 1 aliphatic carbocycles. The number of nitrogens with one attached hydrogen (secondary N) is 1. The Morgan fingerprint density at radius 2 is 2.12 bits per heavy atom. The maximum Gasteiger partial charge on any atom is 0.146 e. The summed E-state index contributed by atoms with van der Waals surface area (Å²) >= 11 is 0. The van der Waals surface area contributed by atoms with E-state index in [1.165, 1.54) is 18.9 Å². The molecule has 0 aliphatic heterocycles. The standard InChI is InChI=1S/C13H19FN2/c1-2-16(10-9-15-11-7-8-11)13-6-4-3-5-12(13)14/h3-6,11,15H,2,7-10H2,1H3. The second-order valence-electron chi connectivity index (χ2n) is 4.26. The van der Waals surface area contributed by atoms with Gasteiger partial charge >= 0.3 is 0 Å². The van der Waals surface area contributed by atoms with Crippen LogP contribution >= 0.6 is 0 Å². The van der Waals surface area contributed by atoms with Crippen LogP contribution in [0.4, 0.5) is 10.1 Å².